The summed E-state index contributed by atoms with van der Waals surface area (Å²) in [6.45, 7) is 4.92. The van der Waals surface area contributed by atoms with E-state index in [1.807, 2.05) is 44.2 Å². The average molecular weight is 474 g/mol. The van der Waals surface area contributed by atoms with Crippen molar-refractivity contribution in [1.29, 1.82) is 0 Å². The number of carbonyl (C=O) groups is 3. The summed E-state index contributed by atoms with van der Waals surface area (Å²) in [6.07, 6.45) is 1.86. The Labute approximate surface area is 203 Å². The Morgan fingerprint density at radius 1 is 0.971 bits per heavy atom. The molecule has 35 heavy (non-hydrogen) atoms. The molecule has 2 aromatic carbocycles. The van der Waals surface area contributed by atoms with E-state index in [1.165, 1.54) is 4.68 Å². The van der Waals surface area contributed by atoms with Crippen LogP contribution in [0.3, 0.4) is 0 Å². The fraction of sp³-hybridized carbons (Fsp3) is 0.308. The van der Waals surface area contributed by atoms with Crippen LogP contribution in [0.2, 0.25) is 0 Å². The number of amides is 3. The Bertz CT molecular complexity index is 1380. The quantitative estimate of drug-likeness (QED) is 0.613. The van der Waals surface area contributed by atoms with Crippen LogP contribution in [0, 0.1) is 13.8 Å². The molecule has 180 valence electrons. The fourth-order valence-corrected chi connectivity index (χ4v) is 4.99. The maximum absolute atomic E-state index is 13.9. The van der Waals surface area contributed by atoms with Gasteiger partial charge in [0.2, 0.25) is 5.91 Å². The molecule has 0 bridgehead atoms. The monoisotopic (exact) mass is 473 g/mol. The number of rotatable bonds is 5. The van der Waals surface area contributed by atoms with Gasteiger partial charge in [-0.05, 0) is 74.2 Å². The van der Waals surface area contributed by atoms with E-state index in [0.717, 1.165) is 28.9 Å². The molecule has 0 spiro atoms. The van der Waals surface area contributed by atoms with E-state index in [4.69, 9.17) is 10.5 Å². The van der Waals surface area contributed by atoms with E-state index in [9.17, 15) is 14.4 Å². The zero-order valence-electron chi connectivity index (χ0n) is 20.0. The highest BCUT2D eigenvalue weighted by Gasteiger charge is 2.35. The summed E-state index contributed by atoms with van der Waals surface area (Å²) >= 11 is 0. The van der Waals surface area contributed by atoms with Crippen molar-refractivity contribution in [2.45, 2.75) is 33.1 Å². The first-order chi connectivity index (χ1) is 16.8. The highest BCUT2D eigenvalue weighted by molar-refractivity contribution is 6.10. The van der Waals surface area contributed by atoms with Gasteiger partial charge in [-0.15, -0.1) is 0 Å². The number of anilines is 2. The topological polar surface area (TPSA) is 111 Å². The molecule has 2 aliphatic rings. The first kappa shape index (κ1) is 22.6. The van der Waals surface area contributed by atoms with E-state index in [2.05, 4.69) is 5.10 Å². The molecule has 3 heterocycles. The van der Waals surface area contributed by atoms with Crippen LogP contribution >= 0.6 is 0 Å². The molecule has 0 saturated carbocycles. The van der Waals surface area contributed by atoms with Gasteiger partial charge < -0.3 is 20.3 Å². The van der Waals surface area contributed by atoms with E-state index >= 15 is 0 Å². The normalized spacial score (nSPS) is 15.5. The second-order valence-corrected chi connectivity index (χ2v) is 8.93. The number of aromatic nitrogens is 2. The molecule has 2 N–H and O–H groups in total. The predicted octanol–water partition coefficient (Wildman–Crippen LogP) is 2.93. The molecule has 0 radical (unpaired) electrons. The van der Waals surface area contributed by atoms with Crippen LogP contribution in [0.25, 0.3) is 5.69 Å². The van der Waals surface area contributed by atoms with Gasteiger partial charge >= 0.3 is 0 Å². The molecule has 0 unspecified atom stereocenters. The molecule has 0 aliphatic carbocycles. The van der Waals surface area contributed by atoms with Gasteiger partial charge in [0.25, 0.3) is 11.8 Å². The van der Waals surface area contributed by atoms with Crippen LogP contribution < -0.4 is 20.3 Å². The summed E-state index contributed by atoms with van der Waals surface area (Å²) in [6, 6.07) is 11.2. The molecule has 2 aliphatic heterocycles. The number of benzene rings is 2. The largest absolute Gasteiger partial charge is 0.497 e. The third-order valence-electron chi connectivity index (χ3n) is 6.74. The van der Waals surface area contributed by atoms with Gasteiger partial charge in [-0.3, -0.25) is 14.4 Å². The third-order valence-corrected chi connectivity index (χ3v) is 6.74. The lowest BCUT2D eigenvalue weighted by Crippen LogP contribution is -2.39. The summed E-state index contributed by atoms with van der Waals surface area (Å²) in [5.41, 5.74) is 10.6. The number of aryl methyl sites for hydroxylation is 2. The number of nitrogens with zero attached hydrogens (tertiary/aromatic N) is 4. The Balaban J connectivity index is 1.57. The molecule has 1 aromatic heterocycles. The number of hydrogen-bond donors (Lipinski definition) is 1. The SMILES string of the molecule is COc1ccc(-n2nc(C(N)=O)c3c2C(=O)N(c2ccc(N4CCCC4=O)cc2C)CC3)c(C)c1. The highest BCUT2D eigenvalue weighted by atomic mass is 16.5. The van der Waals surface area contributed by atoms with Crippen LogP contribution in [-0.4, -0.2) is 47.7 Å². The maximum Gasteiger partial charge on any atom is 0.277 e. The van der Waals surface area contributed by atoms with E-state index in [-0.39, 0.29) is 17.5 Å². The average Bonchev–Trinajstić information content (AvgIpc) is 3.44. The Morgan fingerprint density at radius 2 is 1.71 bits per heavy atom. The van der Waals surface area contributed by atoms with Gasteiger partial charge in [-0.25, -0.2) is 4.68 Å². The zero-order valence-corrected chi connectivity index (χ0v) is 20.0. The van der Waals surface area contributed by atoms with Gasteiger partial charge in [0.15, 0.2) is 5.69 Å². The van der Waals surface area contributed by atoms with Gasteiger partial charge in [-0.2, -0.15) is 5.10 Å². The van der Waals surface area contributed by atoms with E-state index in [0.29, 0.717) is 48.6 Å². The summed E-state index contributed by atoms with van der Waals surface area (Å²) < 4.78 is 6.82. The van der Waals surface area contributed by atoms with Crippen molar-refractivity contribution < 1.29 is 19.1 Å². The standard InChI is InChI=1S/C26H27N5O4/c1-15-13-17(29-11-4-5-22(29)32)6-8-20(15)30-12-10-19-23(25(27)33)28-31(24(19)26(30)34)21-9-7-18(35-3)14-16(21)2/h6-9,13-14H,4-5,10-12H2,1-3H3,(H2,27,33). The summed E-state index contributed by atoms with van der Waals surface area (Å²) in [4.78, 5) is 41.7. The molecule has 1 saturated heterocycles. The third kappa shape index (κ3) is 3.73. The van der Waals surface area contributed by atoms with Crippen LogP contribution in [0.5, 0.6) is 5.75 Å². The lowest BCUT2D eigenvalue weighted by atomic mass is 10.0. The van der Waals surface area contributed by atoms with Crippen LogP contribution in [0.15, 0.2) is 36.4 Å². The molecule has 9 nitrogen and oxygen atoms in total. The predicted molar refractivity (Wildman–Crippen MR) is 132 cm³/mol. The molecular weight excluding hydrogens is 446 g/mol. The number of fused-ring (bicyclic) bond motifs is 1. The Morgan fingerprint density at radius 3 is 2.34 bits per heavy atom. The molecular formula is C26H27N5O4. The number of primary amides is 1. The van der Waals surface area contributed by atoms with Gasteiger partial charge in [0.05, 0.1) is 12.8 Å². The summed E-state index contributed by atoms with van der Waals surface area (Å²) in [7, 11) is 1.59. The van der Waals surface area contributed by atoms with Gasteiger partial charge in [-0.1, -0.05) is 0 Å². The molecule has 1 fully saturated rings. The van der Waals surface area contributed by atoms with Crippen LogP contribution in [0.1, 0.15) is 50.5 Å². The van der Waals surface area contributed by atoms with E-state index in [1.54, 1.807) is 23.0 Å². The first-order valence-electron chi connectivity index (χ1n) is 11.6. The lowest BCUT2D eigenvalue weighted by molar-refractivity contribution is -0.117. The fourth-order valence-electron chi connectivity index (χ4n) is 4.99. The molecule has 3 amide bonds. The van der Waals surface area contributed by atoms with Crippen LogP contribution in [0.4, 0.5) is 11.4 Å². The maximum atomic E-state index is 13.9. The molecule has 0 atom stereocenters. The lowest BCUT2D eigenvalue weighted by Gasteiger charge is -2.30. The summed E-state index contributed by atoms with van der Waals surface area (Å²) in [5, 5.41) is 4.46. The van der Waals surface area contributed by atoms with Crippen LogP contribution in [-0.2, 0) is 11.2 Å². The smallest absolute Gasteiger partial charge is 0.277 e. The number of ether oxygens (including phenoxy) is 1. The minimum Gasteiger partial charge on any atom is -0.497 e. The number of carbonyl (C=O) groups excluding carboxylic acids is 3. The van der Waals surface area contributed by atoms with Crippen molar-refractivity contribution in [1.82, 2.24) is 9.78 Å². The number of hydrogen-bond acceptors (Lipinski definition) is 5. The summed E-state index contributed by atoms with van der Waals surface area (Å²) in [5.74, 6) is -0.117. The first-order valence-corrected chi connectivity index (χ1v) is 11.6. The highest BCUT2D eigenvalue weighted by Crippen LogP contribution is 2.34. The van der Waals surface area contributed by atoms with E-state index < -0.39 is 5.91 Å². The minimum absolute atomic E-state index is 0.114. The van der Waals surface area contributed by atoms with Crippen molar-refractivity contribution in [3.63, 3.8) is 0 Å². The second-order valence-electron chi connectivity index (χ2n) is 8.93. The molecule has 9 heteroatoms. The van der Waals surface area contributed by atoms with Crippen molar-refractivity contribution in [3.8, 4) is 11.4 Å². The van der Waals surface area contributed by atoms with Crippen molar-refractivity contribution in [2.75, 3.05) is 30.0 Å². The Kier molecular flexibility index (Phi) is 5.55. The zero-order chi connectivity index (χ0) is 24.9. The second kappa shape index (κ2) is 8.57. The van der Waals surface area contributed by atoms with Crippen molar-refractivity contribution in [3.05, 3.63) is 64.5 Å². The number of methoxy groups -OCH3 is 1. The molecule has 3 aromatic rings. The van der Waals surface area contributed by atoms with Crippen molar-refractivity contribution in [2.24, 2.45) is 5.73 Å². The Hall–Kier alpha value is -4.14. The minimum atomic E-state index is -0.664. The van der Waals surface area contributed by atoms with Gasteiger partial charge in [0, 0.05) is 36.4 Å². The number of nitrogens with two attached hydrogens (primary N) is 1. The molecule has 5 rings (SSSR count). The van der Waals surface area contributed by atoms with Gasteiger partial charge in [0.1, 0.15) is 11.4 Å². The van der Waals surface area contributed by atoms with Crippen molar-refractivity contribution >= 4 is 29.1 Å².